The highest BCUT2D eigenvalue weighted by Gasteiger charge is 2.27. The molecule has 1 atom stereocenters. The first kappa shape index (κ1) is 27.3. The summed E-state index contributed by atoms with van der Waals surface area (Å²) in [5, 5.41) is 5.93. The second-order valence-electron chi connectivity index (χ2n) is 8.56. The number of carbonyl (C=O) groups is 2. The number of carbonyl (C=O) groups excluding carboxylic acids is 2. The molecule has 0 aromatic heterocycles. The van der Waals surface area contributed by atoms with Gasteiger partial charge in [0.15, 0.2) is 5.96 Å². The fourth-order valence-electron chi connectivity index (χ4n) is 4.00. The highest BCUT2D eigenvalue weighted by Crippen LogP contribution is 2.25. The van der Waals surface area contributed by atoms with Crippen molar-refractivity contribution in [1.82, 2.24) is 10.6 Å². The van der Waals surface area contributed by atoms with Gasteiger partial charge < -0.3 is 26.8 Å². The van der Waals surface area contributed by atoms with E-state index in [0.717, 1.165) is 22.4 Å². The van der Waals surface area contributed by atoms with Gasteiger partial charge in [0.2, 0.25) is 11.8 Å². The largest absolute Gasteiger partial charge is 0.494 e. The monoisotopic (exact) mass is 501 g/mol. The van der Waals surface area contributed by atoms with Gasteiger partial charge in [-0.15, -0.1) is 0 Å². The maximum atomic E-state index is 13.6. The van der Waals surface area contributed by atoms with E-state index in [-0.39, 0.29) is 17.8 Å². The Bertz CT molecular complexity index is 1110. The van der Waals surface area contributed by atoms with Crippen molar-refractivity contribution in [2.75, 3.05) is 13.2 Å². The van der Waals surface area contributed by atoms with Gasteiger partial charge >= 0.3 is 0 Å². The van der Waals surface area contributed by atoms with Crippen molar-refractivity contribution < 1.29 is 14.3 Å². The van der Waals surface area contributed by atoms with Gasteiger partial charge in [0, 0.05) is 13.1 Å². The predicted octanol–water partition coefficient (Wildman–Crippen LogP) is 3.07. The summed E-state index contributed by atoms with van der Waals surface area (Å²) in [6, 6.07) is 25.8. The van der Waals surface area contributed by atoms with Gasteiger partial charge in [-0.05, 0) is 48.6 Å². The highest BCUT2D eigenvalue weighted by molar-refractivity contribution is 5.92. The van der Waals surface area contributed by atoms with E-state index in [1.54, 1.807) is 0 Å². The quantitative estimate of drug-likeness (QED) is 0.162. The zero-order chi connectivity index (χ0) is 26.5. The Labute approximate surface area is 218 Å². The Morgan fingerprint density at radius 1 is 0.865 bits per heavy atom. The first-order valence-electron chi connectivity index (χ1n) is 12.4. The molecule has 37 heavy (non-hydrogen) atoms. The summed E-state index contributed by atoms with van der Waals surface area (Å²) in [7, 11) is 0. The average Bonchev–Trinajstić information content (AvgIpc) is 2.91. The maximum absolute atomic E-state index is 13.6. The highest BCUT2D eigenvalue weighted by atomic mass is 16.5. The summed E-state index contributed by atoms with van der Waals surface area (Å²) in [5.74, 6) is -0.308. The number of nitrogens with two attached hydrogens (primary N) is 2. The number of aliphatic imine (C=N–C) groups is 1. The third-order valence-corrected chi connectivity index (χ3v) is 5.81. The van der Waals surface area contributed by atoms with Crippen LogP contribution in [-0.4, -0.2) is 37.0 Å². The molecule has 0 saturated heterocycles. The van der Waals surface area contributed by atoms with Crippen molar-refractivity contribution in [3.8, 4) is 5.75 Å². The van der Waals surface area contributed by atoms with Crippen LogP contribution in [0.15, 0.2) is 89.9 Å². The lowest BCUT2D eigenvalue weighted by atomic mass is 9.90. The number of hydrogen-bond donors (Lipinski definition) is 4. The Hall–Kier alpha value is -4.33. The van der Waals surface area contributed by atoms with E-state index < -0.39 is 12.0 Å². The minimum atomic E-state index is -0.751. The van der Waals surface area contributed by atoms with E-state index in [1.807, 2.05) is 91.9 Å². The SMILES string of the molecule is CCOc1ccc(CNC(=O)[C@@H](CCCN=C(N)N)NC(=O)C(c2ccccc2)c2ccccc2)cc1. The van der Waals surface area contributed by atoms with Crippen LogP contribution in [0.2, 0.25) is 0 Å². The molecule has 0 heterocycles. The molecule has 3 aromatic carbocycles. The molecule has 8 heteroatoms. The summed E-state index contributed by atoms with van der Waals surface area (Å²) in [4.78, 5) is 30.8. The molecular formula is C29H35N5O3. The summed E-state index contributed by atoms with van der Waals surface area (Å²) >= 11 is 0. The number of benzene rings is 3. The molecule has 0 bridgehead atoms. The summed E-state index contributed by atoms with van der Waals surface area (Å²) < 4.78 is 5.47. The summed E-state index contributed by atoms with van der Waals surface area (Å²) in [6.45, 7) is 3.20. The number of guanidine groups is 1. The molecule has 0 radical (unpaired) electrons. The van der Waals surface area contributed by atoms with Gasteiger partial charge in [-0.1, -0.05) is 72.8 Å². The van der Waals surface area contributed by atoms with Crippen LogP contribution >= 0.6 is 0 Å². The van der Waals surface area contributed by atoms with Crippen molar-refractivity contribution in [2.45, 2.75) is 38.3 Å². The average molecular weight is 502 g/mol. The fraction of sp³-hybridized carbons (Fsp3) is 0.276. The van der Waals surface area contributed by atoms with Crippen LogP contribution in [0.1, 0.15) is 42.4 Å². The molecule has 0 aliphatic carbocycles. The van der Waals surface area contributed by atoms with Crippen LogP contribution in [0.3, 0.4) is 0 Å². The minimum absolute atomic E-state index is 0.00578. The first-order chi connectivity index (χ1) is 18.0. The molecule has 0 saturated carbocycles. The molecule has 0 unspecified atom stereocenters. The van der Waals surface area contributed by atoms with E-state index >= 15 is 0 Å². The van der Waals surface area contributed by atoms with Crippen molar-refractivity contribution in [2.24, 2.45) is 16.5 Å². The van der Waals surface area contributed by atoms with Gasteiger partial charge in [0.05, 0.1) is 12.5 Å². The molecule has 0 spiro atoms. The van der Waals surface area contributed by atoms with E-state index in [1.165, 1.54) is 0 Å². The van der Waals surface area contributed by atoms with Gasteiger partial charge in [0.25, 0.3) is 0 Å². The first-order valence-corrected chi connectivity index (χ1v) is 12.4. The Morgan fingerprint density at radius 2 is 1.46 bits per heavy atom. The number of hydrogen-bond acceptors (Lipinski definition) is 4. The Kier molecular flexibility index (Phi) is 10.5. The van der Waals surface area contributed by atoms with E-state index in [4.69, 9.17) is 16.2 Å². The molecule has 194 valence electrons. The van der Waals surface area contributed by atoms with E-state index in [2.05, 4.69) is 15.6 Å². The Balaban J connectivity index is 1.74. The second kappa shape index (κ2) is 14.3. The molecule has 2 amide bonds. The molecule has 0 fully saturated rings. The van der Waals surface area contributed by atoms with Crippen LogP contribution in [-0.2, 0) is 16.1 Å². The van der Waals surface area contributed by atoms with Crippen LogP contribution < -0.4 is 26.8 Å². The van der Waals surface area contributed by atoms with Crippen LogP contribution in [0.4, 0.5) is 0 Å². The minimum Gasteiger partial charge on any atom is -0.494 e. The summed E-state index contributed by atoms with van der Waals surface area (Å²) in [6.07, 6.45) is 0.911. The van der Waals surface area contributed by atoms with Crippen molar-refractivity contribution in [3.63, 3.8) is 0 Å². The fourth-order valence-corrected chi connectivity index (χ4v) is 4.00. The van der Waals surface area contributed by atoms with Crippen LogP contribution in [0.5, 0.6) is 5.75 Å². The normalized spacial score (nSPS) is 11.4. The lowest BCUT2D eigenvalue weighted by Crippen LogP contribution is -2.48. The number of rotatable bonds is 13. The van der Waals surface area contributed by atoms with E-state index in [0.29, 0.717) is 32.5 Å². The number of nitrogens with zero attached hydrogens (tertiary/aromatic N) is 1. The molecule has 0 aliphatic rings. The molecule has 8 nitrogen and oxygen atoms in total. The third kappa shape index (κ3) is 8.68. The standard InChI is InChI=1S/C29H35N5O3/c1-2-37-24-17-15-21(16-18-24)20-33-27(35)25(14-9-19-32-29(30)31)34-28(36)26(22-10-5-3-6-11-22)23-12-7-4-8-13-23/h3-8,10-13,15-18,25-26H,2,9,14,19-20H2,1H3,(H,33,35)(H,34,36)(H4,30,31,32)/t25-/m1/s1. The topological polar surface area (TPSA) is 132 Å². The zero-order valence-electron chi connectivity index (χ0n) is 21.1. The molecule has 0 aliphatic heterocycles. The molecule has 3 rings (SSSR count). The van der Waals surface area contributed by atoms with Crippen molar-refractivity contribution in [3.05, 3.63) is 102 Å². The molecule has 6 N–H and O–H groups in total. The lowest BCUT2D eigenvalue weighted by molar-refractivity contribution is -0.129. The van der Waals surface area contributed by atoms with Gasteiger partial charge in [-0.3, -0.25) is 14.6 Å². The number of ether oxygens (including phenoxy) is 1. The van der Waals surface area contributed by atoms with Gasteiger partial charge in [0.1, 0.15) is 11.8 Å². The van der Waals surface area contributed by atoms with Crippen molar-refractivity contribution in [1.29, 1.82) is 0 Å². The van der Waals surface area contributed by atoms with E-state index in [9.17, 15) is 9.59 Å². The lowest BCUT2D eigenvalue weighted by Gasteiger charge is -2.23. The van der Waals surface area contributed by atoms with Crippen LogP contribution in [0.25, 0.3) is 0 Å². The van der Waals surface area contributed by atoms with Gasteiger partial charge in [-0.2, -0.15) is 0 Å². The molecular weight excluding hydrogens is 466 g/mol. The third-order valence-electron chi connectivity index (χ3n) is 5.81. The van der Waals surface area contributed by atoms with Crippen LogP contribution in [0, 0.1) is 0 Å². The smallest absolute Gasteiger partial charge is 0.242 e. The zero-order valence-corrected chi connectivity index (χ0v) is 21.1. The predicted molar refractivity (Wildman–Crippen MR) is 146 cm³/mol. The Morgan fingerprint density at radius 3 is 2.00 bits per heavy atom. The maximum Gasteiger partial charge on any atom is 0.242 e. The van der Waals surface area contributed by atoms with Gasteiger partial charge in [-0.25, -0.2) is 0 Å². The van der Waals surface area contributed by atoms with Crippen molar-refractivity contribution >= 4 is 17.8 Å². The number of amides is 2. The second-order valence-corrected chi connectivity index (χ2v) is 8.56. The summed E-state index contributed by atoms with van der Waals surface area (Å²) in [5.41, 5.74) is 13.5. The molecule has 3 aromatic rings. The number of nitrogens with one attached hydrogen (secondary N) is 2.